The normalized spacial score (nSPS) is 16.1. The van der Waals surface area contributed by atoms with Crippen molar-refractivity contribution in [1.82, 2.24) is 25.7 Å². The van der Waals surface area contributed by atoms with Crippen molar-refractivity contribution in [3.8, 4) is 0 Å². The van der Waals surface area contributed by atoms with Gasteiger partial charge in [-0.15, -0.1) is 0 Å². The number of aryl methyl sites for hydroxylation is 2. The monoisotopic (exact) mass is 556 g/mol. The molecule has 0 bridgehead atoms. The van der Waals surface area contributed by atoms with Crippen molar-refractivity contribution in [2.75, 3.05) is 32.1 Å². The molecule has 0 unspecified atom stereocenters. The van der Waals surface area contributed by atoms with Crippen molar-refractivity contribution in [1.29, 1.82) is 0 Å². The van der Waals surface area contributed by atoms with Crippen molar-refractivity contribution >= 4 is 23.7 Å². The highest BCUT2D eigenvalue weighted by Crippen LogP contribution is 2.29. The van der Waals surface area contributed by atoms with Crippen LogP contribution in [0.25, 0.3) is 0 Å². The second kappa shape index (κ2) is 12.2. The number of urea groups is 1. The summed E-state index contributed by atoms with van der Waals surface area (Å²) >= 11 is 0. The van der Waals surface area contributed by atoms with Gasteiger partial charge in [-0.25, -0.2) is 18.6 Å². The summed E-state index contributed by atoms with van der Waals surface area (Å²) in [5.74, 6) is -4.22. The van der Waals surface area contributed by atoms with Gasteiger partial charge in [0, 0.05) is 18.9 Å². The Morgan fingerprint density at radius 2 is 1.98 bits per heavy atom. The van der Waals surface area contributed by atoms with E-state index >= 15 is 0 Å². The zero-order valence-corrected chi connectivity index (χ0v) is 22.2. The van der Waals surface area contributed by atoms with Gasteiger partial charge in [0.1, 0.15) is 18.1 Å². The highest BCUT2D eigenvalue weighted by Gasteiger charge is 2.42. The van der Waals surface area contributed by atoms with Gasteiger partial charge in [-0.1, -0.05) is 41.9 Å². The highest BCUT2D eigenvalue weighted by molar-refractivity contribution is 6.01. The molecule has 4 rings (SSSR count). The maximum Gasteiger partial charge on any atom is 0.318 e. The minimum atomic E-state index is -3.12. The van der Waals surface area contributed by atoms with Crippen molar-refractivity contribution in [2.45, 2.75) is 38.3 Å². The van der Waals surface area contributed by atoms with E-state index in [4.69, 9.17) is 9.26 Å². The Hall–Kier alpha value is -4.39. The summed E-state index contributed by atoms with van der Waals surface area (Å²) in [4.78, 5) is 44.1. The van der Waals surface area contributed by atoms with E-state index in [1.54, 1.807) is 18.2 Å². The second-order valence-corrected chi connectivity index (χ2v) is 9.44. The van der Waals surface area contributed by atoms with Gasteiger partial charge >= 0.3 is 6.03 Å². The van der Waals surface area contributed by atoms with Gasteiger partial charge < -0.3 is 30.1 Å². The average molecular weight is 557 g/mol. The quantitative estimate of drug-likeness (QED) is 0.348. The van der Waals surface area contributed by atoms with Crippen LogP contribution >= 0.6 is 0 Å². The zero-order valence-electron chi connectivity index (χ0n) is 22.2. The molecule has 13 heteroatoms. The number of halogens is 2. The number of benzene rings is 1. The van der Waals surface area contributed by atoms with Gasteiger partial charge in [0.2, 0.25) is 0 Å². The van der Waals surface area contributed by atoms with Crippen LogP contribution in [0, 0.1) is 6.92 Å². The number of alkyl halides is 2. The van der Waals surface area contributed by atoms with E-state index in [0.717, 1.165) is 10.5 Å². The third-order valence-corrected chi connectivity index (χ3v) is 6.47. The van der Waals surface area contributed by atoms with Gasteiger partial charge in [-0.3, -0.25) is 9.59 Å². The van der Waals surface area contributed by atoms with Crippen molar-refractivity contribution in [3.05, 3.63) is 76.8 Å². The van der Waals surface area contributed by atoms with Crippen LogP contribution in [0.5, 0.6) is 0 Å². The number of amides is 4. The first-order chi connectivity index (χ1) is 19.1. The molecular formula is C27H30F2N6O5. The maximum atomic E-state index is 14.1. The van der Waals surface area contributed by atoms with Crippen LogP contribution in [0.1, 0.15) is 51.7 Å². The molecule has 2 atom stereocenters. The lowest BCUT2D eigenvalue weighted by molar-refractivity contribution is -0.118. The lowest BCUT2D eigenvalue weighted by Crippen LogP contribution is -2.58. The van der Waals surface area contributed by atoms with E-state index in [1.165, 1.54) is 25.6 Å². The number of hydrogen-bond acceptors (Lipinski definition) is 7. The fourth-order valence-electron chi connectivity index (χ4n) is 4.33. The minimum absolute atomic E-state index is 0.0690. The molecule has 1 aromatic carbocycles. The summed E-state index contributed by atoms with van der Waals surface area (Å²) in [6.07, 6.45) is 3.27. The molecule has 0 spiro atoms. The number of anilines is 1. The van der Waals surface area contributed by atoms with Gasteiger partial charge in [0.05, 0.1) is 25.7 Å². The molecule has 40 heavy (non-hydrogen) atoms. The topological polar surface area (TPSA) is 139 Å². The number of methoxy groups -OCH3 is 1. The summed E-state index contributed by atoms with van der Waals surface area (Å²) in [5, 5.41) is 11.4. The number of rotatable bonds is 10. The molecular weight excluding hydrogens is 526 g/mol. The molecule has 1 saturated heterocycles. The Morgan fingerprint density at radius 1 is 1.23 bits per heavy atom. The van der Waals surface area contributed by atoms with Crippen molar-refractivity contribution in [3.63, 3.8) is 0 Å². The first-order valence-electron chi connectivity index (χ1n) is 12.6. The molecule has 3 aromatic rings. The summed E-state index contributed by atoms with van der Waals surface area (Å²) in [6, 6.07) is 7.43. The number of nitrogens with zero attached hydrogens (tertiary/aromatic N) is 3. The molecule has 1 fully saturated rings. The summed E-state index contributed by atoms with van der Waals surface area (Å²) in [7, 11) is 1.39. The lowest BCUT2D eigenvalue weighted by atomic mass is 10.0. The van der Waals surface area contributed by atoms with Gasteiger partial charge in [-0.2, -0.15) is 0 Å². The van der Waals surface area contributed by atoms with Gasteiger partial charge in [0.15, 0.2) is 5.69 Å². The number of ether oxygens (including phenoxy) is 1. The van der Waals surface area contributed by atoms with Crippen LogP contribution < -0.4 is 16.0 Å². The van der Waals surface area contributed by atoms with E-state index in [1.807, 2.05) is 26.0 Å². The molecule has 1 aliphatic heterocycles. The third kappa shape index (κ3) is 6.60. The predicted molar refractivity (Wildman–Crippen MR) is 140 cm³/mol. The molecule has 0 radical (unpaired) electrons. The van der Waals surface area contributed by atoms with Crippen LogP contribution in [0.2, 0.25) is 0 Å². The average Bonchev–Trinajstić information content (AvgIpc) is 3.42. The van der Waals surface area contributed by atoms with Crippen LogP contribution in [0.3, 0.4) is 0 Å². The maximum absolute atomic E-state index is 14.1. The molecule has 11 nitrogen and oxygen atoms in total. The summed E-state index contributed by atoms with van der Waals surface area (Å²) in [5.41, 5.74) is 2.56. The Labute approximate surface area is 229 Å². The van der Waals surface area contributed by atoms with E-state index in [0.29, 0.717) is 23.1 Å². The molecule has 3 heterocycles. The van der Waals surface area contributed by atoms with Crippen LogP contribution in [0.15, 0.2) is 53.4 Å². The number of nitrogens with one attached hydrogen (secondary N) is 3. The Kier molecular flexibility index (Phi) is 8.73. The fraction of sp³-hybridized carbons (Fsp3) is 0.370. The van der Waals surface area contributed by atoms with Gasteiger partial charge in [-0.05, 0) is 36.6 Å². The first-order valence-corrected chi connectivity index (χ1v) is 12.6. The lowest BCUT2D eigenvalue weighted by Gasteiger charge is -2.38. The molecule has 1 aliphatic rings. The molecule has 3 N–H and O–H groups in total. The first kappa shape index (κ1) is 28.6. The Morgan fingerprint density at radius 3 is 2.67 bits per heavy atom. The molecule has 0 saturated carbocycles. The van der Waals surface area contributed by atoms with Crippen molar-refractivity contribution < 1.29 is 32.4 Å². The largest absolute Gasteiger partial charge is 0.382 e. The Balaban J connectivity index is 1.59. The van der Waals surface area contributed by atoms with Crippen LogP contribution in [0.4, 0.5) is 19.4 Å². The number of hydrogen-bond donors (Lipinski definition) is 3. The third-order valence-electron chi connectivity index (χ3n) is 6.47. The number of pyridine rings is 1. The standard InChI is InChI=1S/C27H30F2N6O5/c1-4-17-12-40-34-23(17)25(37)33-22(18-7-5-16(2)6-8-18)24(36)32-21-11-19(9-10-30-21)20(13-39-3)35-15-27(28,29)14-31-26(35)38/h5-12,20,22H,4,13-15H2,1-3H3,(H,31,38)(H,33,37)(H,30,32,36)/t20-,22+/m1/s1. The molecule has 4 amide bonds. The van der Waals surface area contributed by atoms with Crippen LogP contribution in [-0.2, 0) is 16.0 Å². The summed E-state index contributed by atoms with van der Waals surface area (Å²) in [6.45, 7) is 2.13. The van der Waals surface area contributed by atoms with Crippen molar-refractivity contribution in [2.24, 2.45) is 0 Å². The minimum Gasteiger partial charge on any atom is -0.382 e. The zero-order chi connectivity index (χ0) is 28.9. The second-order valence-electron chi connectivity index (χ2n) is 9.44. The highest BCUT2D eigenvalue weighted by atomic mass is 19.3. The van der Waals surface area contributed by atoms with E-state index in [2.05, 4.69) is 26.1 Å². The molecule has 0 aliphatic carbocycles. The van der Waals surface area contributed by atoms with Crippen LogP contribution in [-0.4, -0.2) is 65.6 Å². The fourth-order valence-corrected chi connectivity index (χ4v) is 4.33. The summed E-state index contributed by atoms with van der Waals surface area (Å²) < 4.78 is 38.4. The SMILES string of the molecule is CCc1conc1C(=O)N[C@H](C(=O)Nc1cc([C@@H](COC)N2CC(F)(F)CNC2=O)ccn1)c1ccc(C)cc1. The Bertz CT molecular complexity index is 1360. The van der Waals surface area contributed by atoms with E-state index < -0.39 is 48.9 Å². The smallest absolute Gasteiger partial charge is 0.318 e. The number of carbonyl (C=O) groups excluding carboxylic acids is 3. The molecule has 2 aromatic heterocycles. The van der Waals surface area contributed by atoms with Gasteiger partial charge in [0.25, 0.3) is 17.7 Å². The van der Waals surface area contributed by atoms with E-state index in [9.17, 15) is 23.2 Å². The number of carbonyl (C=O) groups is 3. The number of aromatic nitrogens is 2. The molecule has 212 valence electrons. The predicted octanol–water partition coefficient (Wildman–Crippen LogP) is 3.40. The van der Waals surface area contributed by atoms with E-state index in [-0.39, 0.29) is 18.1 Å².